The lowest BCUT2D eigenvalue weighted by Gasteiger charge is -2.62. The van der Waals surface area contributed by atoms with Gasteiger partial charge < -0.3 is 45.9 Å². The summed E-state index contributed by atoms with van der Waals surface area (Å²) >= 11 is 0. The molecule has 58 heavy (non-hydrogen) atoms. The molecule has 12 nitrogen and oxygen atoms in total. The summed E-state index contributed by atoms with van der Waals surface area (Å²) in [5, 5.41) is 39.8. The molecular weight excluding hydrogens is 737 g/mol. The molecule has 0 aromatic carbocycles. The van der Waals surface area contributed by atoms with E-state index in [9.17, 15) is 24.9 Å². The molecule has 0 spiro atoms. The summed E-state index contributed by atoms with van der Waals surface area (Å²) in [5.74, 6) is 6.09. The van der Waals surface area contributed by atoms with Gasteiger partial charge in [-0.15, -0.1) is 5.92 Å². The molecule has 2 bridgehead atoms. The summed E-state index contributed by atoms with van der Waals surface area (Å²) < 4.78 is 21.4. The van der Waals surface area contributed by atoms with Crippen LogP contribution in [-0.4, -0.2) is 101 Å². The van der Waals surface area contributed by atoms with Gasteiger partial charge in [-0.1, -0.05) is 31.3 Å². The lowest BCUT2D eigenvalue weighted by Crippen LogP contribution is -2.95. The van der Waals surface area contributed by atoms with Crippen molar-refractivity contribution < 1.29 is 44.4 Å². The second-order valence-electron chi connectivity index (χ2n) is 20.0. The van der Waals surface area contributed by atoms with E-state index >= 15 is 0 Å². The number of esters is 1. The third-order valence-electron chi connectivity index (χ3n) is 16.6. The number of carbonyl (C=O) groups is 2. The zero-order valence-electron chi connectivity index (χ0n) is 35.0. The number of nitrogens with one attached hydrogen (secondary N) is 1. The van der Waals surface area contributed by atoms with E-state index in [-0.39, 0.29) is 78.5 Å². The van der Waals surface area contributed by atoms with Gasteiger partial charge in [-0.05, 0) is 108 Å². The second kappa shape index (κ2) is 18.2. The Labute approximate surface area is 345 Å². The number of hydrogen-bond donors (Lipinski definition) is 7. The molecule has 3 aliphatic carbocycles. The Morgan fingerprint density at radius 1 is 1.02 bits per heavy atom. The van der Waals surface area contributed by atoms with E-state index in [4.69, 9.17) is 25.7 Å². The van der Waals surface area contributed by atoms with E-state index in [0.717, 1.165) is 95.7 Å². The number of allylic oxidation sites excluding steroid dienone is 1. The fourth-order valence-electron chi connectivity index (χ4n) is 13.6. The monoisotopic (exact) mass is 810 g/mol. The van der Waals surface area contributed by atoms with Crippen molar-refractivity contribution in [2.45, 2.75) is 171 Å². The largest absolute Gasteiger partial charge is 0.456 e. The van der Waals surface area contributed by atoms with Gasteiger partial charge in [0.15, 0.2) is 0 Å². The molecule has 4 saturated heterocycles. The van der Waals surface area contributed by atoms with E-state index in [1.54, 1.807) is 0 Å². The van der Waals surface area contributed by atoms with E-state index in [1.807, 2.05) is 13.0 Å². The molecule has 324 valence electrons. The maximum atomic E-state index is 14.4. The van der Waals surface area contributed by atoms with Crippen molar-refractivity contribution in [1.82, 2.24) is 5.32 Å². The molecular formula is C46H73N4O8+. The predicted molar refractivity (Wildman–Crippen MR) is 217 cm³/mol. The Kier molecular flexibility index (Phi) is 13.4. The maximum absolute atomic E-state index is 14.4. The number of hydrogen-bond acceptors (Lipinski definition) is 11. The Bertz CT molecular complexity index is 1550. The molecule has 10 N–H and O–H groups in total. The summed E-state index contributed by atoms with van der Waals surface area (Å²) in [4.78, 5) is 28.7. The minimum atomic E-state index is -1.08. The predicted octanol–water partition coefficient (Wildman–Crippen LogP) is 2.26. The number of rotatable bonds is 8. The number of carbonyl (C=O) groups excluding carboxylic acids is 2. The minimum Gasteiger partial charge on any atom is -0.456 e. The first-order chi connectivity index (χ1) is 28.0. The Morgan fingerprint density at radius 3 is 2.53 bits per heavy atom. The number of ether oxygens (including phenoxy) is 3. The van der Waals surface area contributed by atoms with Crippen LogP contribution in [0.2, 0.25) is 0 Å². The Balaban J connectivity index is 1.27. The quantitative estimate of drug-likeness (QED) is 0.108. The van der Waals surface area contributed by atoms with Crippen LogP contribution in [0, 0.1) is 71.0 Å². The van der Waals surface area contributed by atoms with Crippen LogP contribution in [0.25, 0.3) is 0 Å². The lowest BCUT2D eigenvalue weighted by atomic mass is 9.53. The van der Waals surface area contributed by atoms with Gasteiger partial charge >= 0.3 is 5.97 Å². The average molecular weight is 810 g/mol. The summed E-state index contributed by atoms with van der Waals surface area (Å²) in [6.07, 6.45) is 10.5. The summed E-state index contributed by atoms with van der Waals surface area (Å²) in [6.45, 7) is 5.42. The fraction of sp³-hybridized carbons (Fsp3) is 0.870. The van der Waals surface area contributed by atoms with Crippen LogP contribution >= 0.6 is 0 Å². The number of quaternary nitrogens is 1. The smallest absolute Gasteiger partial charge is 0.334 e. The highest BCUT2D eigenvalue weighted by Crippen LogP contribution is 2.57. The van der Waals surface area contributed by atoms with Gasteiger partial charge in [0.1, 0.15) is 23.7 Å². The van der Waals surface area contributed by atoms with Gasteiger partial charge in [0, 0.05) is 54.4 Å². The number of Topliss-reactive ketones (excluding diaryl/α,β-unsaturated/α-hetero) is 1. The van der Waals surface area contributed by atoms with Crippen LogP contribution in [0.5, 0.6) is 0 Å². The van der Waals surface area contributed by atoms with Crippen molar-refractivity contribution in [3.63, 3.8) is 0 Å². The topological polar surface area (TPSA) is 203 Å². The molecule has 8 aliphatic rings. The first kappa shape index (κ1) is 42.8. The molecule has 12 heteroatoms. The molecule has 0 aromatic rings. The summed E-state index contributed by atoms with van der Waals surface area (Å²) in [5.41, 5.74) is 12.8. The van der Waals surface area contributed by atoms with Crippen molar-refractivity contribution in [3.05, 3.63) is 11.6 Å². The molecule has 18 unspecified atom stereocenters. The van der Waals surface area contributed by atoms with Gasteiger partial charge in [-0.2, -0.15) is 0 Å². The summed E-state index contributed by atoms with van der Waals surface area (Å²) in [7, 11) is 0. The van der Waals surface area contributed by atoms with Crippen molar-refractivity contribution in [2.75, 3.05) is 19.7 Å². The van der Waals surface area contributed by atoms with Gasteiger partial charge in [0.05, 0.1) is 55.8 Å². The van der Waals surface area contributed by atoms with Crippen LogP contribution < -0.4 is 22.1 Å². The lowest BCUT2D eigenvalue weighted by molar-refractivity contribution is -0.703. The van der Waals surface area contributed by atoms with Gasteiger partial charge in [-0.25, -0.2) is 4.79 Å². The number of aliphatic hydroxyl groups is 3. The fourth-order valence-corrected chi connectivity index (χ4v) is 13.6. The zero-order valence-corrected chi connectivity index (χ0v) is 35.0. The van der Waals surface area contributed by atoms with Crippen molar-refractivity contribution >= 4 is 11.8 Å². The molecule has 0 aromatic heterocycles. The molecule has 0 amide bonds. The molecule has 7 fully saturated rings. The Morgan fingerprint density at radius 2 is 1.83 bits per heavy atom. The molecule has 8 rings (SSSR count). The highest BCUT2D eigenvalue weighted by Gasteiger charge is 2.65. The summed E-state index contributed by atoms with van der Waals surface area (Å²) in [6, 6.07) is 0. The highest BCUT2D eigenvalue weighted by molar-refractivity contribution is 5.89. The van der Waals surface area contributed by atoms with Crippen molar-refractivity contribution in [1.29, 1.82) is 0 Å². The third kappa shape index (κ3) is 8.48. The van der Waals surface area contributed by atoms with E-state index in [0.29, 0.717) is 25.2 Å². The highest BCUT2D eigenvalue weighted by atomic mass is 16.6. The minimum absolute atomic E-state index is 0.0347. The SMILES string of the molecule is CC=C(C(=O)OC1CC2C(O)C3C(=O)CC(CO)OC3C3C2OC1(C)C(CC1CCC(N)[NH2+]C1)CC#CC(C1CCCC(O)C1)C3C1CCNC(N)C1)C1CCCC1. The van der Waals surface area contributed by atoms with Crippen LogP contribution in [0.3, 0.4) is 0 Å². The van der Waals surface area contributed by atoms with Gasteiger partial charge in [-0.3, -0.25) is 10.5 Å². The van der Waals surface area contributed by atoms with Crippen LogP contribution in [0.1, 0.15) is 117 Å². The first-order valence-electron chi connectivity index (χ1n) is 23.2. The number of aliphatic hydroxyl groups excluding tert-OH is 3. The van der Waals surface area contributed by atoms with Gasteiger partial charge in [0.25, 0.3) is 0 Å². The van der Waals surface area contributed by atoms with Crippen LogP contribution in [0.15, 0.2) is 11.6 Å². The normalized spacial score (nSPS) is 47.7. The van der Waals surface area contributed by atoms with E-state index in [1.165, 1.54) is 0 Å². The molecule has 5 aliphatic heterocycles. The van der Waals surface area contributed by atoms with E-state index in [2.05, 4.69) is 29.4 Å². The average Bonchev–Trinajstić information content (AvgIpc) is 3.74. The first-order valence-corrected chi connectivity index (χ1v) is 23.2. The van der Waals surface area contributed by atoms with Crippen LogP contribution in [0.4, 0.5) is 0 Å². The third-order valence-corrected chi connectivity index (χ3v) is 16.6. The molecule has 3 saturated carbocycles. The second-order valence-corrected chi connectivity index (χ2v) is 20.0. The standard InChI is InChI=1S/C46H72N4O8/c1-3-32(26-8-4-5-9-26)45(55)57-36-22-34-42(54)40-35(53)21-31(24-51)56-44(40)41-39(28-16-17-49-38(48)20-28)33(27-10-6-12-30(52)19-27)13-7-11-29(46(36,2)58-43(34)41)18-25-14-15-37(47)50-23-25/h3,25-31,33-34,36-44,49-52,54H,4-6,8-12,14-24,47-48H2,1-2H3/p+1. The number of nitrogens with two attached hydrogens (primary N) is 3. The maximum Gasteiger partial charge on any atom is 0.334 e. The Hall–Kier alpha value is -1.92. The van der Waals surface area contributed by atoms with E-state index < -0.39 is 54.1 Å². The van der Waals surface area contributed by atoms with Gasteiger partial charge in [0.2, 0.25) is 0 Å². The number of fused-ring (bicyclic) bond motifs is 3. The molecule has 0 radical (unpaired) electrons. The van der Waals surface area contributed by atoms with Crippen LogP contribution in [-0.2, 0) is 23.8 Å². The van der Waals surface area contributed by atoms with Crippen molar-refractivity contribution in [2.24, 2.45) is 70.6 Å². The zero-order chi connectivity index (χ0) is 40.7. The number of ketones is 1. The molecule has 5 heterocycles. The van der Waals surface area contributed by atoms with Crippen molar-refractivity contribution in [3.8, 4) is 11.8 Å². The number of piperidine rings is 2. The molecule has 18 atom stereocenters.